The highest BCUT2D eigenvalue weighted by Crippen LogP contribution is 2.28. The Morgan fingerprint density at radius 3 is 2.23 bits per heavy atom. The molecule has 1 fully saturated rings. The van der Waals surface area contributed by atoms with Crippen LogP contribution in [-0.4, -0.2) is 22.4 Å². The van der Waals surface area contributed by atoms with Crippen LogP contribution >= 0.6 is 0 Å². The Kier molecular flexibility index (Phi) is 4.74. The fourth-order valence-corrected chi connectivity index (χ4v) is 2.19. The topological polar surface area (TPSA) is 40.5 Å². The molecule has 1 aliphatic carbocycles. The van der Waals surface area contributed by atoms with Crippen LogP contribution in [0, 0.1) is 5.92 Å². The van der Waals surface area contributed by atoms with E-state index < -0.39 is 12.2 Å². The van der Waals surface area contributed by atoms with Crippen LogP contribution in [0.15, 0.2) is 0 Å². The summed E-state index contributed by atoms with van der Waals surface area (Å²) in [5, 5.41) is 19.0. The van der Waals surface area contributed by atoms with Crippen LogP contribution in [0.1, 0.15) is 51.9 Å². The van der Waals surface area contributed by atoms with Crippen molar-refractivity contribution in [1.82, 2.24) is 0 Å². The summed E-state index contributed by atoms with van der Waals surface area (Å²) in [6.45, 7) is 1.91. The third kappa shape index (κ3) is 3.65. The van der Waals surface area contributed by atoms with Crippen molar-refractivity contribution in [2.24, 2.45) is 5.92 Å². The molecule has 0 bridgehead atoms. The molecule has 0 aliphatic heterocycles. The molecule has 0 heterocycles. The molecule has 78 valence electrons. The molecule has 2 nitrogen and oxygen atoms in total. The van der Waals surface area contributed by atoms with Gasteiger partial charge in [0.25, 0.3) is 0 Å². The summed E-state index contributed by atoms with van der Waals surface area (Å²) >= 11 is 0. The van der Waals surface area contributed by atoms with Crippen LogP contribution in [0.3, 0.4) is 0 Å². The van der Waals surface area contributed by atoms with Gasteiger partial charge in [-0.1, -0.05) is 39.0 Å². The standard InChI is InChI=1S/C11H22O2/c1-2-10(12)11(13)8-9-6-4-3-5-7-9/h9-13H,2-8H2,1H3/t10-,11-/m1/s1. The van der Waals surface area contributed by atoms with E-state index in [2.05, 4.69) is 0 Å². The van der Waals surface area contributed by atoms with Crippen molar-refractivity contribution in [1.29, 1.82) is 0 Å². The molecular weight excluding hydrogens is 164 g/mol. The lowest BCUT2D eigenvalue weighted by atomic mass is 9.84. The highest BCUT2D eigenvalue weighted by atomic mass is 16.3. The molecule has 2 atom stereocenters. The van der Waals surface area contributed by atoms with Crippen molar-refractivity contribution in [3.63, 3.8) is 0 Å². The second-order valence-corrected chi connectivity index (χ2v) is 4.28. The molecule has 1 aliphatic rings. The Hall–Kier alpha value is -0.0800. The van der Waals surface area contributed by atoms with Gasteiger partial charge < -0.3 is 10.2 Å². The van der Waals surface area contributed by atoms with Crippen molar-refractivity contribution in [2.45, 2.75) is 64.1 Å². The summed E-state index contributed by atoms with van der Waals surface area (Å²) in [6.07, 6.45) is 6.90. The van der Waals surface area contributed by atoms with Gasteiger partial charge >= 0.3 is 0 Å². The summed E-state index contributed by atoms with van der Waals surface area (Å²) < 4.78 is 0. The molecular formula is C11H22O2. The zero-order valence-corrected chi connectivity index (χ0v) is 8.58. The highest BCUT2D eigenvalue weighted by Gasteiger charge is 2.21. The minimum absolute atomic E-state index is 0.493. The monoisotopic (exact) mass is 186 g/mol. The largest absolute Gasteiger partial charge is 0.390 e. The zero-order valence-electron chi connectivity index (χ0n) is 8.58. The van der Waals surface area contributed by atoms with E-state index in [0.717, 1.165) is 6.42 Å². The quantitative estimate of drug-likeness (QED) is 0.705. The second-order valence-electron chi connectivity index (χ2n) is 4.28. The van der Waals surface area contributed by atoms with Crippen molar-refractivity contribution in [2.75, 3.05) is 0 Å². The van der Waals surface area contributed by atoms with E-state index in [4.69, 9.17) is 0 Å². The Balaban J connectivity index is 2.21. The molecule has 0 aromatic rings. The molecule has 0 spiro atoms. The SMILES string of the molecule is CC[C@@H](O)[C@H](O)CC1CCCCC1. The first-order valence-electron chi connectivity index (χ1n) is 5.60. The van der Waals surface area contributed by atoms with E-state index in [0.29, 0.717) is 12.3 Å². The van der Waals surface area contributed by atoms with Crippen molar-refractivity contribution < 1.29 is 10.2 Å². The first kappa shape index (κ1) is 11.0. The van der Waals surface area contributed by atoms with Gasteiger partial charge in [0.2, 0.25) is 0 Å². The Morgan fingerprint density at radius 1 is 1.08 bits per heavy atom. The smallest absolute Gasteiger partial charge is 0.0801 e. The van der Waals surface area contributed by atoms with Gasteiger partial charge in [-0.25, -0.2) is 0 Å². The molecule has 1 rings (SSSR count). The van der Waals surface area contributed by atoms with Crippen molar-refractivity contribution in [3.8, 4) is 0 Å². The maximum atomic E-state index is 9.62. The van der Waals surface area contributed by atoms with Gasteiger partial charge in [0, 0.05) is 0 Å². The van der Waals surface area contributed by atoms with Gasteiger partial charge in [0.15, 0.2) is 0 Å². The third-order valence-electron chi connectivity index (χ3n) is 3.16. The maximum absolute atomic E-state index is 9.62. The number of aliphatic hydroxyl groups excluding tert-OH is 2. The van der Waals surface area contributed by atoms with Gasteiger partial charge in [-0.2, -0.15) is 0 Å². The average Bonchev–Trinajstić information content (AvgIpc) is 2.18. The number of hydrogen-bond donors (Lipinski definition) is 2. The number of hydrogen-bond acceptors (Lipinski definition) is 2. The van der Waals surface area contributed by atoms with Gasteiger partial charge in [0.1, 0.15) is 0 Å². The van der Waals surface area contributed by atoms with E-state index in [1.165, 1.54) is 32.1 Å². The predicted octanol–water partition coefficient (Wildman–Crippen LogP) is 2.09. The first-order valence-corrected chi connectivity index (χ1v) is 5.60. The summed E-state index contributed by atoms with van der Waals surface area (Å²) in [5.41, 5.74) is 0. The Labute approximate surface area is 81.0 Å². The Bertz CT molecular complexity index is 130. The molecule has 0 aromatic heterocycles. The minimum Gasteiger partial charge on any atom is -0.390 e. The molecule has 1 saturated carbocycles. The van der Waals surface area contributed by atoms with E-state index >= 15 is 0 Å². The van der Waals surface area contributed by atoms with Crippen LogP contribution in [0.2, 0.25) is 0 Å². The molecule has 0 amide bonds. The first-order chi connectivity index (χ1) is 6.24. The second kappa shape index (κ2) is 5.61. The van der Waals surface area contributed by atoms with Crippen LogP contribution in [0.5, 0.6) is 0 Å². The van der Waals surface area contributed by atoms with Gasteiger partial charge in [-0.3, -0.25) is 0 Å². The minimum atomic E-state index is -0.512. The van der Waals surface area contributed by atoms with E-state index in [1.807, 2.05) is 6.92 Å². The predicted molar refractivity (Wildman–Crippen MR) is 53.5 cm³/mol. The number of aliphatic hydroxyl groups is 2. The van der Waals surface area contributed by atoms with E-state index in [1.54, 1.807) is 0 Å². The molecule has 0 saturated heterocycles. The molecule has 0 radical (unpaired) electrons. The van der Waals surface area contributed by atoms with Crippen LogP contribution in [0.4, 0.5) is 0 Å². The average molecular weight is 186 g/mol. The summed E-state index contributed by atoms with van der Waals surface area (Å²) in [7, 11) is 0. The molecule has 0 unspecified atom stereocenters. The molecule has 13 heavy (non-hydrogen) atoms. The van der Waals surface area contributed by atoms with E-state index in [9.17, 15) is 10.2 Å². The van der Waals surface area contributed by atoms with Crippen molar-refractivity contribution >= 4 is 0 Å². The lowest BCUT2D eigenvalue weighted by Gasteiger charge is -2.25. The van der Waals surface area contributed by atoms with Crippen molar-refractivity contribution in [3.05, 3.63) is 0 Å². The Morgan fingerprint density at radius 2 is 1.69 bits per heavy atom. The summed E-state index contributed by atoms with van der Waals surface area (Å²) in [5.74, 6) is 0.657. The molecule has 2 N–H and O–H groups in total. The van der Waals surface area contributed by atoms with E-state index in [-0.39, 0.29) is 0 Å². The fourth-order valence-electron chi connectivity index (χ4n) is 2.19. The lowest BCUT2D eigenvalue weighted by Crippen LogP contribution is -2.28. The lowest BCUT2D eigenvalue weighted by molar-refractivity contribution is 0.0000844. The van der Waals surface area contributed by atoms with Crippen LogP contribution in [0.25, 0.3) is 0 Å². The fraction of sp³-hybridized carbons (Fsp3) is 1.00. The summed E-state index contributed by atoms with van der Waals surface area (Å²) in [6, 6.07) is 0. The third-order valence-corrected chi connectivity index (χ3v) is 3.16. The zero-order chi connectivity index (χ0) is 9.68. The molecule has 0 aromatic carbocycles. The van der Waals surface area contributed by atoms with Gasteiger partial charge in [-0.05, 0) is 18.8 Å². The number of rotatable bonds is 4. The van der Waals surface area contributed by atoms with Crippen LogP contribution in [-0.2, 0) is 0 Å². The maximum Gasteiger partial charge on any atom is 0.0801 e. The van der Waals surface area contributed by atoms with Crippen LogP contribution < -0.4 is 0 Å². The van der Waals surface area contributed by atoms with Gasteiger partial charge in [0.05, 0.1) is 12.2 Å². The van der Waals surface area contributed by atoms with Gasteiger partial charge in [-0.15, -0.1) is 0 Å². The normalized spacial score (nSPS) is 24.2. The summed E-state index contributed by atoms with van der Waals surface area (Å²) in [4.78, 5) is 0. The molecule has 2 heteroatoms. The highest BCUT2D eigenvalue weighted by molar-refractivity contribution is 4.73.